The predicted molar refractivity (Wildman–Crippen MR) is 280 cm³/mol. The van der Waals surface area contributed by atoms with Gasteiger partial charge < -0.3 is 19.9 Å². The van der Waals surface area contributed by atoms with Crippen LogP contribution >= 0.6 is 23.2 Å². The average Bonchev–Trinajstić information content (AvgIpc) is 3.79. The van der Waals surface area contributed by atoms with Crippen molar-refractivity contribution < 1.29 is 19.5 Å². The highest BCUT2D eigenvalue weighted by Crippen LogP contribution is 2.47. The van der Waals surface area contributed by atoms with E-state index in [1.165, 1.54) is 0 Å². The number of carbonyl (C=O) groups is 3. The van der Waals surface area contributed by atoms with Gasteiger partial charge in [-0.05, 0) is 129 Å². The Morgan fingerprint density at radius 3 is 1.94 bits per heavy atom. The molecular formula is C58H54Cl2N6O4. The summed E-state index contributed by atoms with van der Waals surface area (Å²) in [6.07, 6.45) is 16.5. The summed E-state index contributed by atoms with van der Waals surface area (Å²) in [5, 5.41) is 17.7. The maximum Gasteiger partial charge on any atom is 0.337 e. The van der Waals surface area contributed by atoms with Gasteiger partial charge in [0.1, 0.15) is 11.5 Å². The Labute approximate surface area is 417 Å². The quantitative estimate of drug-likeness (QED) is 0.140. The van der Waals surface area contributed by atoms with Crippen LogP contribution in [-0.2, 0) is 0 Å². The van der Waals surface area contributed by atoms with Crippen LogP contribution in [0.4, 0.5) is 5.69 Å². The highest BCUT2D eigenvalue weighted by atomic mass is 35.5. The Morgan fingerprint density at radius 2 is 1.23 bits per heavy atom. The number of rotatable bonds is 10. The zero-order valence-electron chi connectivity index (χ0n) is 39.0. The van der Waals surface area contributed by atoms with E-state index >= 15 is 4.79 Å². The van der Waals surface area contributed by atoms with Crippen LogP contribution in [0.2, 0.25) is 10.0 Å². The van der Waals surface area contributed by atoms with Gasteiger partial charge in [0.2, 0.25) is 0 Å². The van der Waals surface area contributed by atoms with Crippen molar-refractivity contribution in [2.45, 2.75) is 114 Å². The van der Waals surface area contributed by atoms with Gasteiger partial charge in [-0.2, -0.15) is 0 Å². The standard InChI is InChI=1S/C58H54Cl2N6O4/c59-40-23-18-35(19-24-40)50-51(56(67)62-42-12-4-1-5-13-42)52(58(69)70)49(38-21-29-46-36(33-38)11-10-32-61-46)53-54(50)66(44-16-8-3-9-17-44)55(64-53)39-22-30-47-37(34-39)20-31-48(63-47)57(68)65(43-14-6-2-7-15-43)45-27-25-41(60)26-28-45/h10-11,18-34,42-44H,1-9,12-17H2,(H,62,67)(H,69,70). The summed E-state index contributed by atoms with van der Waals surface area (Å²) in [6.45, 7) is 0. The van der Waals surface area contributed by atoms with E-state index in [4.69, 9.17) is 33.2 Å². The minimum absolute atomic E-state index is 0.00848. The molecule has 3 heterocycles. The van der Waals surface area contributed by atoms with Crippen LogP contribution < -0.4 is 10.2 Å². The molecule has 0 bridgehead atoms. The summed E-state index contributed by atoms with van der Waals surface area (Å²) >= 11 is 12.8. The monoisotopic (exact) mass is 968 g/mol. The lowest BCUT2D eigenvalue weighted by Crippen LogP contribution is -2.42. The van der Waals surface area contributed by atoms with Gasteiger partial charge in [0.25, 0.3) is 11.8 Å². The molecule has 10 nitrogen and oxygen atoms in total. The normalized spacial score (nSPS) is 16.2. The van der Waals surface area contributed by atoms with Gasteiger partial charge in [-0.3, -0.25) is 14.6 Å². The number of hydrogen-bond acceptors (Lipinski definition) is 6. The third kappa shape index (κ3) is 8.81. The number of nitrogens with one attached hydrogen (secondary N) is 1. The molecule has 0 unspecified atom stereocenters. The minimum Gasteiger partial charge on any atom is -0.478 e. The zero-order valence-corrected chi connectivity index (χ0v) is 40.5. The van der Waals surface area contributed by atoms with Crippen LogP contribution in [0.25, 0.3) is 66.5 Å². The summed E-state index contributed by atoms with van der Waals surface area (Å²) < 4.78 is 2.30. The van der Waals surface area contributed by atoms with E-state index in [1.807, 2.05) is 95.9 Å². The van der Waals surface area contributed by atoms with Gasteiger partial charge in [0.05, 0.1) is 33.2 Å². The summed E-state index contributed by atoms with van der Waals surface area (Å²) in [5.41, 5.74) is 6.79. The molecule has 3 fully saturated rings. The number of carbonyl (C=O) groups excluding carboxylic acids is 2. The van der Waals surface area contributed by atoms with Gasteiger partial charge in [0.15, 0.2) is 0 Å². The number of hydrogen-bond donors (Lipinski definition) is 2. The fraction of sp³-hybridized carbons (Fsp3) is 0.310. The van der Waals surface area contributed by atoms with E-state index in [1.54, 1.807) is 18.3 Å². The van der Waals surface area contributed by atoms with E-state index in [-0.39, 0.29) is 35.2 Å². The fourth-order valence-electron chi connectivity index (χ4n) is 11.5. The smallest absolute Gasteiger partial charge is 0.337 e. The number of nitrogens with zero attached hydrogens (tertiary/aromatic N) is 5. The number of amides is 2. The lowest BCUT2D eigenvalue weighted by Gasteiger charge is -2.34. The van der Waals surface area contributed by atoms with Crippen molar-refractivity contribution in [2.24, 2.45) is 0 Å². The maximum absolute atomic E-state index is 15.3. The summed E-state index contributed by atoms with van der Waals surface area (Å²) in [5.74, 6) is -1.13. The highest BCUT2D eigenvalue weighted by Gasteiger charge is 2.36. The summed E-state index contributed by atoms with van der Waals surface area (Å²) in [7, 11) is 0. The number of anilines is 1. The Bertz CT molecular complexity index is 3300. The van der Waals surface area contributed by atoms with E-state index in [9.17, 15) is 14.7 Å². The number of carboxylic acid groups (broad SMARTS) is 1. The third-order valence-electron chi connectivity index (χ3n) is 14.9. The molecule has 3 aromatic heterocycles. The molecular weight excluding hydrogens is 916 g/mol. The fourth-order valence-corrected chi connectivity index (χ4v) is 11.8. The molecule has 5 aromatic carbocycles. The predicted octanol–water partition coefficient (Wildman–Crippen LogP) is 14.7. The second-order valence-corrected chi connectivity index (χ2v) is 20.2. The molecule has 0 aliphatic heterocycles. The zero-order chi connectivity index (χ0) is 47.9. The molecule has 3 aliphatic carbocycles. The lowest BCUT2D eigenvalue weighted by molar-refractivity contribution is 0.0691. The summed E-state index contributed by atoms with van der Waals surface area (Å²) in [4.78, 5) is 61.1. The molecule has 0 radical (unpaired) electrons. The van der Waals surface area contributed by atoms with Crippen molar-refractivity contribution in [1.82, 2.24) is 24.8 Å². The van der Waals surface area contributed by atoms with Crippen LogP contribution in [0.3, 0.4) is 0 Å². The molecule has 3 saturated carbocycles. The van der Waals surface area contributed by atoms with Crippen LogP contribution in [-0.4, -0.2) is 54.5 Å². The van der Waals surface area contributed by atoms with Crippen molar-refractivity contribution in [1.29, 1.82) is 0 Å². The van der Waals surface area contributed by atoms with Crippen LogP contribution in [0, 0.1) is 0 Å². The molecule has 354 valence electrons. The van der Waals surface area contributed by atoms with Gasteiger partial charge in [-0.15, -0.1) is 0 Å². The van der Waals surface area contributed by atoms with Crippen LogP contribution in [0.15, 0.2) is 115 Å². The minimum atomic E-state index is -1.22. The lowest BCUT2D eigenvalue weighted by atomic mass is 9.85. The number of aromatic nitrogens is 4. The Balaban J connectivity index is 1.14. The Morgan fingerprint density at radius 1 is 0.614 bits per heavy atom. The number of pyridine rings is 2. The maximum atomic E-state index is 15.3. The number of fused-ring (bicyclic) bond motifs is 3. The SMILES string of the molecule is O=C(O)c1c(C(=O)NC2CCCCC2)c(-c2ccc(Cl)cc2)c2c(nc(-c3ccc4nc(C(=O)N(c5ccc(Cl)cc5)C5CCCCC5)ccc4c3)n2C2CCCCC2)c1-c1ccc2ncccc2c1. The van der Waals surface area contributed by atoms with E-state index < -0.39 is 11.9 Å². The Hall–Kier alpha value is -6.62. The first-order chi connectivity index (χ1) is 34.2. The summed E-state index contributed by atoms with van der Waals surface area (Å²) in [6, 6.07) is 34.1. The molecule has 8 aromatic rings. The van der Waals surface area contributed by atoms with Gasteiger partial charge in [-0.1, -0.05) is 111 Å². The number of imidazole rings is 1. The first-order valence-electron chi connectivity index (χ1n) is 25.0. The van der Waals surface area contributed by atoms with Crippen LogP contribution in [0.1, 0.15) is 134 Å². The van der Waals surface area contributed by atoms with Gasteiger partial charge in [-0.25, -0.2) is 14.8 Å². The van der Waals surface area contributed by atoms with E-state index in [0.717, 1.165) is 124 Å². The topological polar surface area (TPSA) is 130 Å². The van der Waals surface area contributed by atoms with E-state index in [0.29, 0.717) is 60.4 Å². The largest absolute Gasteiger partial charge is 0.478 e. The number of halogens is 2. The van der Waals surface area contributed by atoms with Crippen molar-refractivity contribution >= 4 is 79.5 Å². The second kappa shape index (κ2) is 19.6. The van der Waals surface area contributed by atoms with Gasteiger partial charge in [0, 0.05) is 67.5 Å². The molecule has 12 heteroatoms. The average molecular weight is 970 g/mol. The van der Waals surface area contributed by atoms with E-state index in [2.05, 4.69) is 20.9 Å². The Kier molecular flexibility index (Phi) is 12.9. The number of aromatic carboxylic acids is 1. The highest BCUT2D eigenvalue weighted by molar-refractivity contribution is 6.31. The van der Waals surface area contributed by atoms with Crippen LogP contribution in [0.5, 0.6) is 0 Å². The van der Waals surface area contributed by atoms with Crippen molar-refractivity contribution in [2.75, 3.05) is 4.90 Å². The molecule has 11 rings (SSSR count). The number of benzene rings is 5. The third-order valence-corrected chi connectivity index (χ3v) is 15.4. The second-order valence-electron chi connectivity index (χ2n) is 19.4. The molecule has 0 atom stereocenters. The first-order valence-corrected chi connectivity index (χ1v) is 25.7. The molecule has 70 heavy (non-hydrogen) atoms. The molecule has 3 aliphatic rings. The number of carboxylic acids is 1. The van der Waals surface area contributed by atoms with Crippen molar-refractivity contribution in [3.63, 3.8) is 0 Å². The van der Waals surface area contributed by atoms with Crippen molar-refractivity contribution in [3.8, 4) is 33.6 Å². The molecule has 0 saturated heterocycles. The molecule has 0 spiro atoms. The molecule has 2 amide bonds. The molecule has 2 N–H and O–H groups in total. The first kappa shape index (κ1) is 45.8. The van der Waals surface area contributed by atoms with Crippen molar-refractivity contribution in [3.05, 3.63) is 142 Å². The van der Waals surface area contributed by atoms with Gasteiger partial charge >= 0.3 is 5.97 Å².